The molecule has 0 rings (SSSR count). The van der Waals surface area contributed by atoms with E-state index in [4.69, 9.17) is 6.42 Å². The van der Waals surface area contributed by atoms with Crippen LogP contribution in [0.3, 0.4) is 0 Å². The number of nitrogens with one attached hydrogen (secondary N) is 2. The van der Waals surface area contributed by atoms with Crippen LogP contribution >= 0.6 is 0 Å². The van der Waals surface area contributed by atoms with Crippen molar-refractivity contribution in [1.29, 1.82) is 0 Å². The molecule has 2 N–H and O–H groups in total. The van der Waals surface area contributed by atoms with E-state index in [0.717, 1.165) is 25.9 Å². The van der Waals surface area contributed by atoms with Crippen molar-refractivity contribution < 1.29 is 4.79 Å². The van der Waals surface area contributed by atoms with Crippen molar-refractivity contribution in [1.82, 2.24) is 10.6 Å². The highest BCUT2D eigenvalue weighted by atomic mass is 16.1. The van der Waals surface area contributed by atoms with Gasteiger partial charge in [-0.25, -0.2) is 0 Å². The van der Waals surface area contributed by atoms with Gasteiger partial charge in [0.05, 0.1) is 0 Å². The molecule has 14 heavy (non-hydrogen) atoms. The Kier molecular flexibility index (Phi) is 7.96. The number of hydrogen-bond acceptors (Lipinski definition) is 2. The van der Waals surface area contributed by atoms with E-state index in [2.05, 4.69) is 16.6 Å². The predicted molar refractivity (Wildman–Crippen MR) is 58.8 cm³/mol. The predicted octanol–water partition coefficient (Wildman–Crippen LogP) is 0.762. The van der Waals surface area contributed by atoms with E-state index < -0.39 is 0 Å². The fraction of sp³-hybridized carbons (Fsp3) is 0.727. The van der Waals surface area contributed by atoms with Gasteiger partial charge in [0.1, 0.15) is 0 Å². The summed E-state index contributed by atoms with van der Waals surface area (Å²) in [5, 5.41) is 5.99. The molecule has 0 fully saturated rings. The van der Waals surface area contributed by atoms with Gasteiger partial charge in [-0.05, 0) is 13.0 Å². The maximum absolute atomic E-state index is 11.4. The average molecular weight is 196 g/mol. The molecule has 0 aromatic carbocycles. The van der Waals surface area contributed by atoms with Crippen LogP contribution < -0.4 is 10.6 Å². The molecule has 1 amide bonds. The molecule has 0 saturated heterocycles. The summed E-state index contributed by atoms with van der Waals surface area (Å²) in [6.45, 7) is 6.25. The standard InChI is InChI=1S/C11H20N2O/c1-4-6-7-8-13-11(14)10(3)9-12-5-2/h1,10,12H,5-9H2,2-3H3,(H,13,14). The fourth-order valence-corrected chi connectivity index (χ4v) is 1.03. The first kappa shape index (κ1) is 13.0. The summed E-state index contributed by atoms with van der Waals surface area (Å²) in [6, 6.07) is 0. The third-order valence-corrected chi connectivity index (χ3v) is 1.95. The quantitative estimate of drug-likeness (QED) is 0.466. The molecule has 0 bridgehead atoms. The van der Waals surface area contributed by atoms with E-state index in [1.165, 1.54) is 0 Å². The average Bonchev–Trinajstić information content (AvgIpc) is 2.20. The van der Waals surface area contributed by atoms with Crippen molar-refractivity contribution in [3.8, 4) is 12.3 Å². The van der Waals surface area contributed by atoms with Crippen LogP contribution in [-0.4, -0.2) is 25.5 Å². The van der Waals surface area contributed by atoms with Gasteiger partial charge in [0.15, 0.2) is 0 Å². The molecule has 3 heteroatoms. The summed E-state index contributed by atoms with van der Waals surface area (Å²) in [4.78, 5) is 11.4. The van der Waals surface area contributed by atoms with E-state index in [1.54, 1.807) is 0 Å². The van der Waals surface area contributed by atoms with Gasteiger partial charge >= 0.3 is 0 Å². The molecule has 0 aromatic rings. The highest BCUT2D eigenvalue weighted by Gasteiger charge is 2.10. The Balaban J connectivity index is 3.47. The zero-order valence-corrected chi connectivity index (χ0v) is 9.10. The van der Waals surface area contributed by atoms with Crippen LogP contribution in [0, 0.1) is 18.3 Å². The Hall–Kier alpha value is -1.01. The Morgan fingerprint density at radius 2 is 2.29 bits per heavy atom. The third kappa shape index (κ3) is 6.50. The Morgan fingerprint density at radius 3 is 2.86 bits per heavy atom. The van der Waals surface area contributed by atoms with Gasteiger partial charge in [0, 0.05) is 25.4 Å². The van der Waals surface area contributed by atoms with Crippen LogP contribution in [0.1, 0.15) is 26.7 Å². The molecule has 1 atom stereocenters. The summed E-state index contributed by atoms with van der Waals surface area (Å²) in [6.07, 6.45) is 6.68. The lowest BCUT2D eigenvalue weighted by molar-refractivity contribution is -0.124. The summed E-state index contributed by atoms with van der Waals surface area (Å²) in [5.74, 6) is 2.67. The molecular weight excluding hydrogens is 176 g/mol. The number of amides is 1. The minimum Gasteiger partial charge on any atom is -0.356 e. The second-order valence-corrected chi connectivity index (χ2v) is 3.31. The van der Waals surface area contributed by atoms with E-state index in [-0.39, 0.29) is 11.8 Å². The maximum atomic E-state index is 11.4. The zero-order valence-electron chi connectivity index (χ0n) is 9.10. The van der Waals surface area contributed by atoms with Gasteiger partial charge in [0.25, 0.3) is 0 Å². The molecule has 3 nitrogen and oxygen atoms in total. The van der Waals surface area contributed by atoms with Gasteiger partial charge in [-0.2, -0.15) is 0 Å². The van der Waals surface area contributed by atoms with Gasteiger partial charge in [-0.15, -0.1) is 12.3 Å². The minimum absolute atomic E-state index is 0.0285. The van der Waals surface area contributed by atoms with Gasteiger partial charge in [-0.1, -0.05) is 13.8 Å². The summed E-state index contributed by atoms with van der Waals surface area (Å²) in [5.41, 5.74) is 0. The molecule has 0 aliphatic carbocycles. The van der Waals surface area contributed by atoms with Gasteiger partial charge in [-0.3, -0.25) is 4.79 Å². The second-order valence-electron chi connectivity index (χ2n) is 3.31. The topological polar surface area (TPSA) is 41.1 Å². The molecule has 0 aromatic heterocycles. The first-order valence-corrected chi connectivity index (χ1v) is 5.14. The number of hydrogen-bond donors (Lipinski definition) is 2. The summed E-state index contributed by atoms with van der Waals surface area (Å²) in [7, 11) is 0. The molecule has 0 aliphatic rings. The SMILES string of the molecule is C#CCCCNC(=O)C(C)CNCC. The highest BCUT2D eigenvalue weighted by molar-refractivity contribution is 5.78. The number of carbonyl (C=O) groups excluding carboxylic acids is 1. The molecule has 80 valence electrons. The number of terminal acetylenes is 1. The van der Waals surface area contributed by atoms with Crippen molar-refractivity contribution in [2.75, 3.05) is 19.6 Å². The van der Waals surface area contributed by atoms with Crippen molar-refractivity contribution in [2.24, 2.45) is 5.92 Å². The number of rotatable bonds is 7. The van der Waals surface area contributed by atoms with Crippen molar-refractivity contribution in [2.45, 2.75) is 26.7 Å². The Labute approximate surface area is 86.6 Å². The van der Waals surface area contributed by atoms with E-state index in [1.807, 2.05) is 13.8 Å². The summed E-state index contributed by atoms with van der Waals surface area (Å²) < 4.78 is 0. The number of carbonyl (C=O) groups is 1. The Morgan fingerprint density at radius 1 is 1.57 bits per heavy atom. The van der Waals surface area contributed by atoms with Gasteiger partial charge in [0.2, 0.25) is 5.91 Å². The molecular formula is C11H20N2O. The van der Waals surface area contributed by atoms with Crippen LogP contribution in [0.4, 0.5) is 0 Å². The molecule has 0 heterocycles. The Bertz CT molecular complexity index is 196. The minimum atomic E-state index is 0.0285. The highest BCUT2D eigenvalue weighted by Crippen LogP contribution is 1.92. The molecule has 0 spiro atoms. The van der Waals surface area contributed by atoms with Crippen LogP contribution in [0.15, 0.2) is 0 Å². The van der Waals surface area contributed by atoms with E-state index >= 15 is 0 Å². The fourth-order valence-electron chi connectivity index (χ4n) is 1.03. The van der Waals surface area contributed by atoms with Gasteiger partial charge < -0.3 is 10.6 Å². The zero-order chi connectivity index (χ0) is 10.8. The van der Waals surface area contributed by atoms with Crippen LogP contribution in [-0.2, 0) is 4.79 Å². The maximum Gasteiger partial charge on any atom is 0.224 e. The summed E-state index contributed by atoms with van der Waals surface area (Å²) >= 11 is 0. The molecule has 0 aliphatic heterocycles. The first-order chi connectivity index (χ1) is 6.72. The third-order valence-electron chi connectivity index (χ3n) is 1.95. The van der Waals surface area contributed by atoms with Crippen LogP contribution in [0.2, 0.25) is 0 Å². The normalized spacial score (nSPS) is 11.8. The molecule has 1 unspecified atom stereocenters. The monoisotopic (exact) mass is 196 g/mol. The lowest BCUT2D eigenvalue weighted by Gasteiger charge is -2.11. The number of unbranched alkanes of at least 4 members (excludes halogenated alkanes) is 1. The smallest absolute Gasteiger partial charge is 0.224 e. The first-order valence-electron chi connectivity index (χ1n) is 5.14. The lowest BCUT2D eigenvalue weighted by atomic mass is 10.1. The lowest BCUT2D eigenvalue weighted by Crippen LogP contribution is -2.35. The van der Waals surface area contributed by atoms with Crippen LogP contribution in [0.25, 0.3) is 0 Å². The second kappa shape index (κ2) is 8.58. The van der Waals surface area contributed by atoms with Crippen molar-refractivity contribution >= 4 is 5.91 Å². The van der Waals surface area contributed by atoms with E-state index in [9.17, 15) is 4.79 Å². The molecule has 0 radical (unpaired) electrons. The van der Waals surface area contributed by atoms with Crippen LogP contribution in [0.5, 0.6) is 0 Å². The largest absolute Gasteiger partial charge is 0.356 e. The van der Waals surface area contributed by atoms with Crippen molar-refractivity contribution in [3.05, 3.63) is 0 Å². The molecule has 0 saturated carbocycles. The van der Waals surface area contributed by atoms with Crippen molar-refractivity contribution in [3.63, 3.8) is 0 Å². The van der Waals surface area contributed by atoms with E-state index in [0.29, 0.717) is 6.54 Å².